The van der Waals surface area contributed by atoms with Gasteiger partial charge in [-0.1, -0.05) is 50.8 Å². The fourth-order valence-corrected chi connectivity index (χ4v) is 2.73. The number of nitrogens with one attached hydrogen (secondary N) is 1. The molecule has 19 heavy (non-hydrogen) atoms. The van der Waals surface area contributed by atoms with E-state index < -0.39 is 0 Å². The summed E-state index contributed by atoms with van der Waals surface area (Å²) in [6.07, 6.45) is 6.69. The van der Waals surface area contributed by atoms with Crippen LogP contribution in [0.1, 0.15) is 44.7 Å². The zero-order valence-electron chi connectivity index (χ0n) is 12.3. The Balaban J connectivity index is 2.08. The third-order valence-electron chi connectivity index (χ3n) is 3.74. The first-order chi connectivity index (χ1) is 9.36. The van der Waals surface area contributed by atoms with E-state index in [1.165, 1.54) is 48.7 Å². The van der Waals surface area contributed by atoms with E-state index in [-0.39, 0.29) is 0 Å². The van der Waals surface area contributed by atoms with Crippen LogP contribution in [0.25, 0.3) is 10.9 Å². The van der Waals surface area contributed by atoms with Gasteiger partial charge in [0.2, 0.25) is 0 Å². The van der Waals surface area contributed by atoms with Gasteiger partial charge < -0.3 is 9.88 Å². The van der Waals surface area contributed by atoms with Crippen LogP contribution in [-0.4, -0.2) is 11.6 Å². The summed E-state index contributed by atoms with van der Waals surface area (Å²) < 4.78 is 2.48. The van der Waals surface area contributed by atoms with Crippen molar-refractivity contribution in [3.05, 3.63) is 36.0 Å². The molecule has 0 saturated carbocycles. The zero-order valence-corrected chi connectivity index (χ0v) is 12.3. The molecule has 0 bridgehead atoms. The molecule has 0 fully saturated rings. The molecular weight excluding hydrogens is 232 g/mol. The predicted octanol–water partition coefficient (Wildman–Crippen LogP) is 4.33. The van der Waals surface area contributed by atoms with Crippen molar-refractivity contribution in [2.45, 2.75) is 52.1 Å². The van der Waals surface area contributed by atoms with E-state index in [0.717, 1.165) is 13.1 Å². The van der Waals surface area contributed by atoms with Crippen molar-refractivity contribution in [1.29, 1.82) is 0 Å². The molecule has 0 aliphatic heterocycles. The molecule has 1 N–H and O–H groups in total. The Morgan fingerprint density at radius 2 is 1.84 bits per heavy atom. The minimum atomic E-state index is 0.948. The number of aryl methyl sites for hydroxylation is 1. The number of benzene rings is 1. The average molecular weight is 258 g/mol. The van der Waals surface area contributed by atoms with E-state index in [1.54, 1.807) is 0 Å². The summed E-state index contributed by atoms with van der Waals surface area (Å²) in [5.74, 6) is 0. The van der Waals surface area contributed by atoms with Gasteiger partial charge in [-0.2, -0.15) is 0 Å². The summed E-state index contributed by atoms with van der Waals surface area (Å²) in [6.45, 7) is 4.36. The SMILES string of the molecule is CCCCCCCn1c(CNC)cc2ccccc21. The highest BCUT2D eigenvalue weighted by Gasteiger charge is 2.07. The van der Waals surface area contributed by atoms with Crippen molar-refractivity contribution in [3.8, 4) is 0 Å². The van der Waals surface area contributed by atoms with Crippen molar-refractivity contribution in [1.82, 2.24) is 9.88 Å². The summed E-state index contributed by atoms with van der Waals surface area (Å²) in [7, 11) is 2.02. The second-order valence-corrected chi connectivity index (χ2v) is 5.29. The topological polar surface area (TPSA) is 17.0 Å². The maximum Gasteiger partial charge on any atom is 0.0482 e. The van der Waals surface area contributed by atoms with E-state index in [2.05, 4.69) is 47.1 Å². The second kappa shape index (κ2) is 7.34. The quantitative estimate of drug-likeness (QED) is 0.697. The number of rotatable bonds is 8. The van der Waals surface area contributed by atoms with Crippen molar-refractivity contribution < 1.29 is 0 Å². The summed E-state index contributed by atoms with van der Waals surface area (Å²) in [5.41, 5.74) is 2.78. The predicted molar refractivity (Wildman–Crippen MR) is 83.5 cm³/mol. The Morgan fingerprint density at radius 1 is 1.05 bits per heavy atom. The minimum Gasteiger partial charge on any atom is -0.343 e. The smallest absolute Gasteiger partial charge is 0.0482 e. The lowest BCUT2D eigenvalue weighted by atomic mass is 10.1. The molecule has 0 amide bonds. The van der Waals surface area contributed by atoms with E-state index in [0.29, 0.717) is 0 Å². The van der Waals surface area contributed by atoms with Crippen LogP contribution in [0.15, 0.2) is 30.3 Å². The summed E-state index contributed by atoms with van der Waals surface area (Å²) >= 11 is 0. The highest BCUT2D eigenvalue weighted by molar-refractivity contribution is 5.81. The number of fused-ring (bicyclic) bond motifs is 1. The van der Waals surface area contributed by atoms with Gasteiger partial charge in [0.25, 0.3) is 0 Å². The maximum atomic E-state index is 3.28. The summed E-state index contributed by atoms with van der Waals surface area (Å²) in [6, 6.07) is 11.0. The molecule has 2 nitrogen and oxygen atoms in total. The monoisotopic (exact) mass is 258 g/mol. The first-order valence-corrected chi connectivity index (χ1v) is 7.58. The van der Waals surface area contributed by atoms with Crippen LogP contribution in [0.3, 0.4) is 0 Å². The molecule has 0 radical (unpaired) electrons. The third-order valence-corrected chi connectivity index (χ3v) is 3.74. The zero-order chi connectivity index (χ0) is 13.5. The molecule has 0 atom stereocenters. The highest BCUT2D eigenvalue weighted by Crippen LogP contribution is 2.20. The fraction of sp³-hybridized carbons (Fsp3) is 0.529. The minimum absolute atomic E-state index is 0.948. The molecule has 0 aliphatic rings. The highest BCUT2D eigenvalue weighted by atomic mass is 15.0. The number of para-hydroxylation sites is 1. The van der Waals surface area contributed by atoms with Crippen LogP contribution in [0.2, 0.25) is 0 Å². The van der Waals surface area contributed by atoms with Crippen LogP contribution in [0.5, 0.6) is 0 Å². The van der Waals surface area contributed by atoms with Crippen LogP contribution < -0.4 is 5.32 Å². The van der Waals surface area contributed by atoms with E-state index in [9.17, 15) is 0 Å². The molecule has 0 saturated heterocycles. The number of hydrogen-bond acceptors (Lipinski definition) is 1. The Labute approximate surface area is 116 Å². The number of unbranched alkanes of at least 4 members (excludes halogenated alkanes) is 4. The molecule has 1 aromatic heterocycles. The Morgan fingerprint density at radius 3 is 2.63 bits per heavy atom. The van der Waals surface area contributed by atoms with Gasteiger partial charge in [0, 0.05) is 24.3 Å². The average Bonchev–Trinajstić information content (AvgIpc) is 2.77. The lowest BCUT2D eigenvalue weighted by molar-refractivity contribution is 0.561. The lowest BCUT2D eigenvalue weighted by Gasteiger charge is -2.10. The van der Waals surface area contributed by atoms with Gasteiger partial charge in [-0.15, -0.1) is 0 Å². The fourth-order valence-electron chi connectivity index (χ4n) is 2.73. The molecule has 0 aliphatic carbocycles. The van der Waals surface area contributed by atoms with Crippen molar-refractivity contribution in [3.63, 3.8) is 0 Å². The molecule has 2 heteroatoms. The number of nitrogens with zero attached hydrogens (tertiary/aromatic N) is 1. The van der Waals surface area contributed by atoms with Gasteiger partial charge in [-0.05, 0) is 31.0 Å². The number of hydrogen-bond donors (Lipinski definition) is 1. The van der Waals surface area contributed by atoms with Crippen LogP contribution in [0, 0.1) is 0 Å². The van der Waals surface area contributed by atoms with Crippen LogP contribution in [-0.2, 0) is 13.1 Å². The lowest BCUT2D eigenvalue weighted by Crippen LogP contribution is -2.11. The molecule has 104 valence electrons. The first-order valence-electron chi connectivity index (χ1n) is 7.58. The van der Waals surface area contributed by atoms with Crippen molar-refractivity contribution in [2.24, 2.45) is 0 Å². The van der Waals surface area contributed by atoms with E-state index >= 15 is 0 Å². The molecule has 2 aromatic rings. The van der Waals surface area contributed by atoms with Gasteiger partial charge in [-0.3, -0.25) is 0 Å². The van der Waals surface area contributed by atoms with Gasteiger partial charge in [-0.25, -0.2) is 0 Å². The normalized spacial score (nSPS) is 11.3. The molecule has 1 aromatic carbocycles. The number of aromatic nitrogens is 1. The molecule has 1 heterocycles. The summed E-state index contributed by atoms with van der Waals surface area (Å²) in [4.78, 5) is 0. The van der Waals surface area contributed by atoms with Gasteiger partial charge in [0.05, 0.1) is 0 Å². The van der Waals surface area contributed by atoms with Crippen molar-refractivity contribution in [2.75, 3.05) is 7.05 Å². The van der Waals surface area contributed by atoms with E-state index in [1.807, 2.05) is 7.05 Å². The van der Waals surface area contributed by atoms with Gasteiger partial charge in [0.1, 0.15) is 0 Å². The van der Waals surface area contributed by atoms with Gasteiger partial charge in [0.15, 0.2) is 0 Å². The largest absolute Gasteiger partial charge is 0.343 e. The van der Waals surface area contributed by atoms with Crippen LogP contribution in [0.4, 0.5) is 0 Å². The third kappa shape index (κ3) is 3.60. The summed E-state index contributed by atoms with van der Waals surface area (Å²) in [5, 5.41) is 4.64. The van der Waals surface area contributed by atoms with E-state index in [4.69, 9.17) is 0 Å². The second-order valence-electron chi connectivity index (χ2n) is 5.29. The molecule has 0 unspecified atom stereocenters. The molecule has 2 rings (SSSR count). The maximum absolute atomic E-state index is 3.28. The van der Waals surface area contributed by atoms with Crippen LogP contribution >= 0.6 is 0 Å². The standard InChI is InChI=1S/C17H26N2/c1-3-4-5-6-9-12-19-16(14-18-2)13-15-10-7-8-11-17(15)19/h7-8,10-11,13,18H,3-6,9,12,14H2,1-2H3. The van der Waals surface area contributed by atoms with Crippen molar-refractivity contribution >= 4 is 10.9 Å². The molecule has 0 spiro atoms. The Bertz CT molecular complexity index is 499. The first kappa shape index (κ1) is 14.1. The Kier molecular flexibility index (Phi) is 5.46. The molecular formula is C17H26N2. The van der Waals surface area contributed by atoms with Gasteiger partial charge >= 0.3 is 0 Å². The Hall–Kier alpha value is -1.28.